The number of alkyl halides is 3. The number of aromatic nitrogens is 1. The van der Waals surface area contributed by atoms with Crippen molar-refractivity contribution in [1.29, 1.82) is 0 Å². The number of aliphatic carboxylic acids is 1. The predicted octanol–water partition coefficient (Wildman–Crippen LogP) is 7.40. The fourth-order valence-electron chi connectivity index (χ4n) is 3.29. The number of allylic oxidation sites excluding steroid dienone is 1. The number of carbonyl (C=O) groups is 2. The van der Waals surface area contributed by atoms with Gasteiger partial charge < -0.3 is 9.84 Å². The highest BCUT2D eigenvalue weighted by Gasteiger charge is 2.31. The number of carboxylic acids is 1. The van der Waals surface area contributed by atoms with Gasteiger partial charge in [0, 0.05) is 11.1 Å². The number of thiazole rings is 1. The summed E-state index contributed by atoms with van der Waals surface area (Å²) in [6.07, 6.45) is -1.32. The van der Waals surface area contributed by atoms with E-state index in [2.05, 4.69) is 4.98 Å². The van der Waals surface area contributed by atoms with E-state index in [1.54, 1.807) is 31.2 Å². The van der Waals surface area contributed by atoms with Crippen LogP contribution in [-0.4, -0.2) is 27.4 Å². The maximum absolute atomic E-state index is 12.9. The van der Waals surface area contributed by atoms with Crippen LogP contribution in [0.3, 0.4) is 0 Å². The smallest absolute Gasteiger partial charge is 0.416 e. The van der Waals surface area contributed by atoms with Crippen LogP contribution < -0.4 is 4.74 Å². The fourth-order valence-corrected chi connectivity index (χ4v) is 4.41. The summed E-state index contributed by atoms with van der Waals surface area (Å²) in [5.74, 6) is -0.961. The van der Waals surface area contributed by atoms with Crippen LogP contribution in [0.2, 0.25) is 0 Å². The number of nitrogens with zero attached hydrogens (tertiary/aromatic N) is 1. The van der Waals surface area contributed by atoms with Gasteiger partial charge >= 0.3 is 12.1 Å². The lowest BCUT2D eigenvalue weighted by molar-refractivity contribution is -0.152. The molecular weight excluding hydrogens is 491 g/mol. The van der Waals surface area contributed by atoms with Crippen LogP contribution in [0.4, 0.5) is 13.2 Å². The highest BCUT2D eigenvalue weighted by atomic mass is 32.1. The first-order valence-corrected chi connectivity index (χ1v) is 11.9. The van der Waals surface area contributed by atoms with Crippen molar-refractivity contribution in [2.45, 2.75) is 52.3 Å². The molecular formula is C27H26F3NO4S. The normalized spacial score (nSPS) is 12.4. The summed E-state index contributed by atoms with van der Waals surface area (Å²) in [5.41, 5.74) is 0.194. The number of rotatable bonds is 8. The molecule has 0 aliphatic heterocycles. The Morgan fingerprint density at radius 3 is 2.25 bits per heavy atom. The van der Waals surface area contributed by atoms with Crippen molar-refractivity contribution in [2.75, 3.05) is 0 Å². The van der Waals surface area contributed by atoms with Gasteiger partial charge in [0.15, 0.2) is 11.4 Å². The van der Waals surface area contributed by atoms with Crippen LogP contribution in [-0.2, 0) is 11.0 Å². The third-order valence-corrected chi connectivity index (χ3v) is 6.50. The zero-order valence-corrected chi connectivity index (χ0v) is 21.3. The number of ketones is 1. The molecule has 0 aliphatic carbocycles. The van der Waals surface area contributed by atoms with Crippen molar-refractivity contribution in [3.8, 4) is 16.3 Å². The van der Waals surface area contributed by atoms with E-state index in [1.165, 1.54) is 43.4 Å². The molecule has 0 radical (unpaired) electrons. The zero-order valence-electron chi connectivity index (χ0n) is 20.4. The van der Waals surface area contributed by atoms with E-state index in [4.69, 9.17) is 4.74 Å². The van der Waals surface area contributed by atoms with Crippen molar-refractivity contribution < 1.29 is 32.6 Å². The monoisotopic (exact) mass is 517 g/mol. The minimum atomic E-state index is -4.41. The third kappa shape index (κ3) is 6.20. The molecule has 190 valence electrons. The van der Waals surface area contributed by atoms with Gasteiger partial charge in [0.1, 0.15) is 10.8 Å². The second kappa shape index (κ2) is 10.3. The molecule has 0 spiro atoms. The lowest BCUT2D eigenvalue weighted by Crippen LogP contribution is -2.38. The summed E-state index contributed by atoms with van der Waals surface area (Å²) in [5, 5.41) is 9.82. The molecule has 5 nitrogen and oxygen atoms in total. The average Bonchev–Trinajstić information content (AvgIpc) is 3.23. The van der Waals surface area contributed by atoms with Crippen LogP contribution in [0.15, 0.2) is 48.5 Å². The SMILES string of the molecule is Cc1cc(C(=O)/C=C/c2sc(-c3ccc(C(F)(F)F)cc3)nc2C(C)C)ccc1OC(C)(C)C(=O)O. The average molecular weight is 518 g/mol. The number of aryl methyl sites for hydroxylation is 1. The number of carboxylic acid groups (broad SMARTS) is 1. The number of carbonyl (C=O) groups excluding carboxylic acids is 1. The number of hydrogen-bond acceptors (Lipinski definition) is 5. The van der Waals surface area contributed by atoms with Gasteiger partial charge in [-0.15, -0.1) is 11.3 Å². The van der Waals surface area contributed by atoms with E-state index >= 15 is 0 Å². The Hall–Kier alpha value is -3.46. The summed E-state index contributed by atoms with van der Waals surface area (Å²) >= 11 is 1.30. The molecule has 3 rings (SSSR count). The molecule has 0 atom stereocenters. The standard InChI is InChI=1S/C27H26F3NO4S/c1-15(2)23-22(36-24(31-23)17-6-9-19(10-7-17)27(28,29)30)13-11-20(32)18-8-12-21(16(3)14-18)35-26(4,5)25(33)34/h6-15H,1-5H3,(H,33,34)/b13-11+. The Bertz CT molecular complexity index is 1310. The van der Waals surface area contributed by atoms with Crippen LogP contribution in [0, 0.1) is 6.92 Å². The summed E-state index contributed by atoms with van der Waals surface area (Å²) in [7, 11) is 0. The number of halogens is 3. The summed E-state index contributed by atoms with van der Waals surface area (Å²) < 4.78 is 44.2. The summed E-state index contributed by atoms with van der Waals surface area (Å²) in [6, 6.07) is 9.59. The first-order valence-electron chi connectivity index (χ1n) is 11.1. The van der Waals surface area contributed by atoms with E-state index in [0.717, 1.165) is 22.7 Å². The van der Waals surface area contributed by atoms with Gasteiger partial charge in [0.2, 0.25) is 0 Å². The topological polar surface area (TPSA) is 76.5 Å². The maximum Gasteiger partial charge on any atom is 0.416 e. The molecule has 1 aromatic heterocycles. The zero-order chi connectivity index (χ0) is 26.8. The summed E-state index contributed by atoms with van der Waals surface area (Å²) in [4.78, 5) is 29.5. The third-order valence-electron chi connectivity index (χ3n) is 5.41. The Labute approximate surface area is 211 Å². The molecule has 0 fully saturated rings. The Morgan fingerprint density at radius 2 is 1.72 bits per heavy atom. The molecule has 1 heterocycles. The van der Waals surface area contributed by atoms with E-state index in [1.807, 2.05) is 13.8 Å². The number of benzene rings is 2. The second-order valence-electron chi connectivity index (χ2n) is 9.09. The van der Waals surface area contributed by atoms with Gasteiger partial charge in [0.25, 0.3) is 0 Å². The second-order valence-corrected chi connectivity index (χ2v) is 10.1. The number of ether oxygens (including phenoxy) is 1. The lowest BCUT2D eigenvalue weighted by atomic mass is 10.0. The number of hydrogen-bond donors (Lipinski definition) is 1. The van der Waals surface area contributed by atoms with E-state index < -0.39 is 23.3 Å². The molecule has 0 amide bonds. The molecule has 1 N–H and O–H groups in total. The molecule has 36 heavy (non-hydrogen) atoms. The minimum absolute atomic E-state index is 0.0375. The van der Waals surface area contributed by atoms with Gasteiger partial charge in [-0.3, -0.25) is 4.79 Å². The first kappa shape index (κ1) is 27.1. The highest BCUT2D eigenvalue weighted by Crippen LogP contribution is 2.35. The molecule has 0 saturated heterocycles. The lowest BCUT2D eigenvalue weighted by Gasteiger charge is -2.22. The molecule has 0 unspecified atom stereocenters. The Kier molecular flexibility index (Phi) is 7.73. The molecule has 0 bridgehead atoms. The predicted molar refractivity (Wildman–Crippen MR) is 134 cm³/mol. The van der Waals surface area contributed by atoms with Crippen molar-refractivity contribution in [3.63, 3.8) is 0 Å². The minimum Gasteiger partial charge on any atom is -0.478 e. The van der Waals surface area contributed by atoms with Crippen molar-refractivity contribution in [1.82, 2.24) is 4.98 Å². The van der Waals surface area contributed by atoms with E-state index in [9.17, 15) is 27.9 Å². The van der Waals surface area contributed by atoms with Crippen molar-refractivity contribution in [3.05, 3.63) is 75.8 Å². The summed E-state index contributed by atoms with van der Waals surface area (Å²) in [6.45, 7) is 8.51. The first-order chi connectivity index (χ1) is 16.7. The van der Waals surface area contributed by atoms with Crippen LogP contribution in [0.1, 0.15) is 65.7 Å². The van der Waals surface area contributed by atoms with Gasteiger partial charge in [0.05, 0.1) is 16.1 Å². The van der Waals surface area contributed by atoms with Gasteiger partial charge in [-0.05, 0) is 74.7 Å². The van der Waals surface area contributed by atoms with Gasteiger partial charge in [-0.1, -0.05) is 26.0 Å². The van der Waals surface area contributed by atoms with Gasteiger partial charge in [-0.2, -0.15) is 13.2 Å². The van der Waals surface area contributed by atoms with Crippen molar-refractivity contribution in [2.24, 2.45) is 0 Å². The molecule has 2 aromatic carbocycles. The molecule has 9 heteroatoms. The molecule has 0 aliphatic rings. The van der Waals surface area contributed by atoms with Crippen LogP contribution >= 0.6 is 11.3 Å². The molecule has 3 aromatic rings. The molecule has 0 saturated carbocycles. The van der Waals surface area contributed by atoms with E-state index in [0.29, 0.717) is 27.4 Å². The van der Waals surface area contributed by atoms with Crippen LogP contribution in [0.5, 0.6) is 5.75 Å². The highest BCUT2D eigenvalue weighted by molar-refractivity contribution is 7.16. The fraction of sp³-hybridized carbons (Fsp3) is 0.296. The quantitative estimate of drug-likeness (QED) is 0.249. The largest absolute Gasteiger partial charge is 0.478 e. The van der Waals surface area contributed by atoms with Crippen LogP contribution in [0.25, 0.3) is 16.6 Å². The van der Waals surface area contributed by atoms with E-state index in [-0.39, 0.29) is 11.7 Å². The maximum atomic E-state index is 12.9. The van der Waals surface area contributed by atoms with Gasteiger partial charge in [-0.25, -0.2) is 9.78 Å². The van der Waals surface area contributed by atoms with Crippen molar-refractivity contribution >= 4 is 29.2 Å². The Balaban J connectivity index is 1.84. The Morgan fingerprint density at radius 1 is 1.08 bits per heavy atom.